The highest BCUT2D eigenvalue weighted by atomic mass is 32.1. The fourth-order valence-electron chi connectivity index (χ4n) is 3.42. The third kappa shape index (κ3) is 2.81. The van der Waals surface area contributed by atoms with Crippen molar-refractivity contribution in [1.82, 2.24) is 18.9 Å². The zero-order valence-corrected chi connectivity index (χ0v) is 14.7. The Morgan fingerprint density at radius 1 is 1.32 bits per heavy atom. The van der Waals surface area contributed by atoms with E-state index in [1.165, 1.54) is 11.5 Å². The standard InChI is InChI=1S/C17H19N5O2S/c1-11-18-17(25-20-11)21-8-4-7-14(21)15-19-13-6-3-2-5-12(13)16(24)22(15)9-10-23/h2-3,5-6,14,23H,4,7-10H2,1H3. The van der Waals surface area contributed by atoms with Gasteiger partial charge in [0.05, 0.1) is 30.1 Å². The van der Waals surface area contributed by atoms with Gasteiger partial charge in [-0.25, -0.2) is 9.97 Å². The molecule has 0 amide bonds. The smallest absolute Gasteiger partial charge is 0.261 e. The minimum atomic E-state index is -0.102. The Balaban J connectivity index is 1.87. The second-order valence-electron chi connectivity index (χ2n) is 6.14. The molecule has 0 spiro atoms. The topological polar surface area (TPSA) is 84.1 Å². The number of anilines is 1. The van der Waals surface area contributed by atoms with E-state index in [9.17, 15) is 9.90 Å². The van der Waals surface area contributed by atoms with E-state index in [0.29, 0.717) is 16.7 Å². The molecule has 8 heteroatoms. The summed E-state index contributed by atoms with van der Waals surface area (Å²) in [6.45, 7) is 2.88. The molecule has 0 saturated carbocycles. The summed E-state index contributed by atoms with van der Waals surface area (Å²) in [4.78, 5) is 24.4. The molecule has 3 aromatic rings. The van der Waals surface area contributed by atoms with Gasteiger partial charge in [-0.1, -0.05) is 12.1 Å². The molecule has 7 nitrogen and oxygen atoms in total. The van der Waals surface area contributed by atoms with E-state index >= 15 is 0 Å². The summed E-state index contributed by atoms with van der Waals surface area (Å²) in [5.41, 5.74) is 0.590. The summed E-state index contributed by atoms with van der Waals surface area (Å²) in [5, 5.41) is 10.9. The number of hydrogen-bond acceptors (Lipinski definition) is 7. The van der Waals surface area contributed by atoms with Crippen LogP contribution in [0.25, 0.3) is 10.9 Å². The van der Waals surface area contributed by atoms with Crippen molar-refractivity contribution in [2.45, 2.75) is 32.4 Å². The molecule has 1 atom stereocenters. The van der Waals surface area contributed by atoms with Gasteiger partial charge >= 0.3 is 0 Å². The molecule has 0 aliphatic carbocycles. The van der Waals surface area contributed by atoms with E-state index in [1.54, 1.807) is 10.6 Å². The molecule has 1 saturated heterocycles. The average Bonchev–Trinajstić information content (AvgIpc) is 3.26. The summed E-state index contributed by atoms with van der Waals surface area (Å²) in [7, 11) is 0. The molecule has 4 rings (SSSR count). The summed E-state index contributed by atoms with van der Waals surface area (Å²) in [6.07, 6.45) is 1.90. The first kappa shape index (κ1) is 16.2. The minimum Gasteiger partial charge on any atom is -0.395 e. The quantitative estimate of drug-likeness (QED) is 0.768. The van der Waals surface area contributed by atoms with E-state index < -0.39 is 0 Å². The zero-order valence-electron chi connectivity index (χ0n) is 13.9. The number of para-hydroxylation sites is 1. The van der Waals surface area contributed by atoms with Crippen molar-refractivity contribution in [3.05, 3.63) is 46.3 Å². The molecule has 0 radical (unpaired) electrons. The van der Waals surface area contributed by atoms with Gasteiger partial charge in [-0.2, -0.15) is 4.37 Å². The van der Waals surface area contributed by atoms with Gasteiger partial charge in [-0.15, -0.1) is 0 Å². The molecule has 1 unspecified atom stereocenters. The number of benzene rings is 1. The Bertz CT molecular complexity index is 967. The number of nitrogens with zero attached hydrogens (tertiary/aromatic N) is 5. The van der Waals surface area contributed by atoms with Crippen LogP contribution in [0.5, 0.6) is 0 Å². The van der Waals surface area contributed by atoms with Crippen LogP contribution in [0.1, 0.15) is 30.5 Å². The van der Waals surface area contributed by atoms with Crippen molar-refractivity contribution in [2.75, 3.05) is 18.1 Å². The number of aliphatic hydroxyl groups excluding tert-OH is 1. The number of aryl methyl sites for hydroxylation is 1. The van der Waals surface area contributed by atoms with Crippen molar-refractivity contribution in [1.29, 1.82) is 0 Å². The van der Waals surface area contributed by atoms with Gasteiger partial charge in [0.1, 0.15) is 11.6 Å². The molecular weight excluding hydrogens is 338 g/mol. The molecule has 1 N–H and O–H groups in total. The third-order valence-electron chi connectivity index (χ3n) is 4.53. The fourth-order valence-corrected chi connectivity index (χ4v) is 4.17. The van der Waals surface area contributed by atoms with E-state index in [1.807, 2.05) is 25.1 Å². The van der Waals surface area contributed by atoms with Gasteiger partial charge in [0.15, 0.2) is 0 Å². The van der Waals surface area contributed by atoms with Crippen LogP contribution < -0.4 is 10.5 Å². The molecule has 0 bridgehead atoms. The first-order valence-corrected chi connectivity index (χ1v) is 9.13. The highest BCUT2D eigenvalue weighted by molar-refractivity contribution is 7.09. The first-order chi connectivity index (χ1) is 12.2. The van der Waals surface area contributed by atoms with Crippen LogP contribution in [0, 0.1) is 6.92 Å². The Labute approximate surface area is 148 Å². The summed E-state index contributed by atoms with van der Waals surface area (Å²) >= 11 is 1.37. The molecule has 130 valence electrons. The average molecular weight is 357 g/mol. The van der Waals surface area contributed by atoms with Crippen LogP contribution in [-0.4, -0.2) is 37.2 Å². The lowest BCUT2D eigenvalue weighted by Crippen LogP contribution is -2.33. The normalized spacial score (nSPS) is 17.5. The van der Waals surface area contributed by atoms with Gasteiger partial charge < -0.3 is 10.0 Å². The molecule has 1 aliphatic rings. The van der Waals surface area contributed by atoms with E-state index in [-0.39, 0.29) is 24.8 Å². The maximum absolute atomic E-state index is 12.9. The molecular formula is C17H19N5O2S. The third-order valence-corrected chi connectivity index (χ3v) is 5.37. The van der Waals surface area contributed by atoms with Crippen LogP contribution in [0.15, 0.2) is 29.1 Å². The lowest BCUT2D eigenvalue weighted by molar-refractivity contribution is 0.270. The SMILES string of the molecule is Cc1nsc(N2CCCC2c2nc3ccccc3c(=O)n2CCO)n1. The fraction of sp³-hybridized carbons (Fsp3) is 0.412. The summed E-state index contributed by atoms with van der Waals surface area (Å²) in [6, 6.07) is 7.33. The molecule has 3 heterocycles. The van der Waals surface area contributed by atoms with Crippen molar-refractivity contribution in [3.8, 4) is 0 Å². The molecule has 1 fully saturated rings. The first-order valence-electron chi connectivity index (χ1n) is 8.36. The highest BCUT2D eigenvalue weighted by Crippen LogP contribution is 2.36. The number of fused-ring (bicyclic) bond motifs is 1. The van der Waals surface area contributed by atoms with Crippen molar-refractivity contribution in [3.63, 3.8) is 0 Å². The summed E-state index contributed by atoms with van der Waals surface area (Å²) in [5.74, 6) is 1.45. The molecule has 2 aromatic heterocycles. The highest BCUT2D eigenvalue weighted by Gasteiger charge is 2.32. The monoisotopic (exact) mass is 357 g/mol. The lowest BCUT2D eigenvalue weighted by atomic mass is 10.1. The maximum Gasteiger partial charge on any atom is 0.261 e. The van der Waals surface area contributed by atoms with Crippen molar-refractivity contribution >= 4 is 27.6 Å². The minimum absolute atomic E-state index is 0.0313. The van der Waals surface area contributed by atoms with Crippen LogP contribution in [0.4, 0.5) is 5.13 Å². The number of aliphatic hydroxyl groups is 1. The van der Waals surface area contributed by atoms with E-state index in [2.05, 4.69) is 14.3 Å². The van der Waals surface area contributed by atoms with E-state index in [0.717, 1.165) is 30.3 Å². The Morgan fingerprint density at radius 3 is 2.92 bits per heavy atom. The largest absolute Gasteiger partial charge is 0.395 e. The van der Waals surface area contributed by atoms with Gasteiger partial charge in [0.25, 0.3) is 5.56 Å². The van der Waals surface area contributed by atoms with Gasteiger partial charge in [0, 0.05) is 18.1 Å². The number of rotatable bonds is 4. The number of aromatic nitrogens is 4. The molecule has 1 aromatic carbocycles. The predicted molar refractivity (Wildman–Crippen MR) is 97.1 cm³/mol. The lowest BCUT2D eigenvalue weighted by Gasteiger charge is -2.25. The number of hydrogen-bond donors (Lipinski definition) is 1. The Morgan fingerprint density at radius 2 is 2.16 bits per heavy atom. The van der Waals surface area contributed by atoms with E-state index in [4.69, 9.17) is 4.98 Å². The van der Waals surface area contributed by atoms with Crippen LogP contribution in [0.3, 0.4) is 0 Å². The van der Waals surface area contributed by atoms with Crippen LogP contribution >= 0.6 is 11.5 Å². The Hall–Kier alpha value is -2.32. The van der Waals surface area contributed by atoms with Gasteiger partial charge in [-0.05, 0) is 31.9 Å². The molecule has 25 heavy (non-hydrogen) atoms. The van der Waals surface area contributed by atoms with Crippen molar-refractivity contribution < 1.29 is 5.11 Å². The predicted octanol–water partition coefficient (Wildman–Crippen LogP) is 1.89. The van der Waals surface area contributed by atoms with Crippen LogP contribution in [0.2, 0.25) is 0 Å². The van der Waals surface area contributed by atoms with Crippen molar-refractivity contribution in [2.24, 2.45) is 0 Å². The second-order valence-corrected chi connectivity index (χ2v) is 6.87. The van der Waals surface area contributed by atoms with Gasteiger partial charge in [0.2, 0.25) is 5.13 Å². The summed E-state index contributed by atoms with van der Waals surface area (Å²) < 4.78 is 5.89. The molecule has 1 aliphatic heterocycles. The zero-order chi connectivity index (χ0) is 17.4. The van der Waals surface area contributed by atoms with Gasteiger partial charge in [-0.3, -0.25) is 9.36 Å². The maximum atomic E-state index is 12.9. The van der Waals surface area contributed by atoms with Crippen LogP contribution in [-0.2, 0) is 6.54 Å². The second kappa shape index (κ2) is 6.53. The Kier molecular flexibility index (Phi) is 4.22.